The Balaban J connectivity index is 1.47. The van der Waals surface area contributed by atoms with Gasteiger partial charge in [-0.3, -0.25) is 34.3 Å². The summed E-state index contributed by atoms with van der Waals surface area (Å²) in [6.45, 7) is -0.0480. The second-order valence-electron chi connectivity index (χ2n) is 8.25. The van der Waals surface area contributed by atoms with Crippen molar-refractivity contribution in [3.63, 3.8) is 0 Å². The van der Waals surface area contributed by atoms with Crippen molar-refractivity contribution in [1.82, 2.24) is 10.2 Å². The van der Waals surface area contributed by atoms with Gasteiger partial charge in [0, 0.05) is 10.6 Å². The highest BCUT2D eigenvalue weighted by Gasteiger charge is 2.36. The molecule has 0 radical (unpaired) electrons. The molecule has 0 saturated carbocycles. The van der Waals surface area contributed by atoms with E-state index in [4.69, 9.17) is 28.6 Å². The van der Waals surface area contributed by atoms with E-state index >= 15 is 0 Å². The number of carbonyl (C=O) groups is 4. The number of ether oxygens (including phenoxy) is 1. The minimum atomic E-state index is -0.641. The molecule has 0 unspecified atom stereocenters. The lowest BCUT2D eigenvalue weighted by Crippen LogP contribution is -2.54. The summed E-state index contributed by atoms with van der Waals surface area (Å²) in [4.78, 5) is 54.0. The fraction of sp³-hybridized carbons (Fsp3) is 0.0741. The third-order valence-corrected chi connectivity index (χ3v) is 6.55. The number of imide groups is 1. The van der Waals surface area contributed by atoms with Gasteiger partial charge in [-0.2, -0.15) is 0 Å². The van der Waals surface area contributed by atoms with Crippen LogP contribution in [0.25, 0.3) is 6.08 Å². The van der Waals surface area contributed by atoms with Crippen LogP contribution in [0, 0.1) is 0 Å². The molecule has 0 aromatic heterocycles. The van der Waals surface area contributed by atoms with Crippen LogP contribution in [0.1, 0.15) is 31.8 Å². The summed E-state index contributed by atoms with van der Waals surface area (Å²) in [5.74, 6) is -1.60. The third kappa shape index (κ3) is 4.39. The van der Waals surface area contributed by atoms with E-state index in [1.54, 1.807) is 66.7 Å². The van der Waals surface area contributed by atoms with Crippen molar-refractivity contribution in [1.29, 1.82) is 0 Å². The average Bonchev–Trinajstić information content (AvgIpc) is 3.12. The van der Waals surface area contributed by atoms with E-state index in [1.807, 2.05) is 0 Å². The Labute approximate surface area is 222 Å². The Morgan fingerprint density at radius 3 is 2.19 bits per heavy atom. The maximum atomic E-state index is 13.3. The number of rotatable bonds is 5. The molecule has 4 amide bonds. The summed E-state index contributed by atoms with van der Waals surface area (Å²) >= 11 is 11.2. The predicted octanol–water partition coefficient (Wildman–Crippen LogP) is 3.98. The van der Waals surface area contributed by atoms with E-state index in [0.717, 1.165) is 4.90 Å². The summed E-state index contributed by atoms with van der Waals surface area (Å²) in [6.07, 6.45) is 1.42. The van der Waals surface area contributed by atoms with Crippen molar-refractivity contribution >= 4 is 64.3 Å². The number of thiocarbonyl (C=S) groups is 1. The molecule has 2 aliphatic rings. The summed E-state index contributed by atoms with van der Waals surface area (Å²) in [5.41, 5.74) is 2.02. The quantitative estimate of drug-likeness (QED) is 0.232. The van der Waals surface area contributed by atoms with Crippen molar-refractivity contribution in [2.24, 2.45) is 0 Å². The van der Waals surface area contributed by atoms with Gasteiger partial charge in [-0.05, 0) is 72.4 Å². The Kier molecular flexibility index (Phi) is 6.32. The van der Waals surface area contributed by atoms with Crippen LogP contribution in [0.4, 0.5) is 5.69 Å². The minimum Gasteiger partial charge on any atom is -0.496 e. The first kappa shape index (κ1) is 24.4. The van der Waals surface area contributed by atoms with Crippen LogP contribution in [0.15, 0.2) is 72.3 Å². The standard InChI is InChI=1S/C27H18ClN3O5S/c1-36-22-11-6-15(12-16(22)14-30-24(33)19-4-2-3-5-20(19)25(30)34)13-21-23(32)29-27(37)31(26(21)35)18-9-7-17(28)8-10-18/h2-13H,14H2,1H3,(H,29,32,37). The molecule has 10 heteroatoms. The van der Waals surface area contributed by atoms with Gasteiger partial charge < -0.3 is 4.74 Å². The molecular weight excluding hydrogens is 514 g/mol. The fourth-order valence-corrected chi connectivity index (χ4v) is 4.62. The molecule has 2 heterocycles. The topological polar surface area (TPSA) is 96.0 Å². The van der Waals surface area contributed by atoms with Gasteiger partial charge in [0.15, 0.2) is 5.11 Å². The van der Waals surface area contributed by atoms with Crippen LogP contribution in [0.5, 0.6) is 5.75 Å². The van der Waals surface area contributed by atoms with Crippen molar-refractivity contribution in [2.45, 2.75) is 6.54 Å². The highest BCUT2D eigenvalue weighted by atomic mass is 35.5. The predicted molar refractivity (Wildman–Crippen MR) is 141 cm³/mol. The third-order valence-electron chi connectivity index (χ3n) is 6.01. The van der Waals surface area contributed by atoms with Crippen LogP contribution >= 0.6 is 23.8 Å². The fourth-order valence-electron chi connectivity index (χ4n) is 4.21. The molecule has 1 N–H and O–H groups in total. The number of nitrogens with one attached hydrogen (secondary N) is 1. The second-order valence-corrected chi connectivity index (χ2v) is 9.07. The Morgan fingerprint density at radius 2 is 1.57 bits per heavy atom. The van der Waals surface area contributed by atoms with E-state index in [2.05, 4.69) is 5.32 Å². The monoisotopic (exact) mass is 531 g/mol. The molecule has 184 valence electrons. The van der Waals surface area contributed by atoms with Gasteiger partial charge >= 0.3 is 0 Å². The van der Waals surface area contributed by atoms with Crippen LogP contribution in [-0.2, 0) is 16.1 Å². The summed E-state index contributed by atoms with van der Waals surface area (Å²) in [6, 6.07) is 18.1. The van der Waals surface area contributed by atoms with E-state index in [9.17, 15) is 19.2 Å². The summed E-state index contributed by atoms with van der Waals surface area (Å²) in [5, 5.41) is 2.98. The molecular formula is C27H18ClN3O5S. The van der Waals surface area contributed by atoms with Gasteiger partial charge in [0.2, 0.25) is 0 Å². The van der Waals surface area contributed by atoms with Crippen LogP contribution in [0.3, 0.4) is 0 Å². The van der Waals surface area contributed by atoms with Gasteiger partial charge in [-0.1, -0.05) is 29.8 Å². The largest absolute Gasteiger partial charge is 0.496 e. The first-order valence-electron chi connectivity index (χ1n) is 11.1. The Bertz CT molecular complexity index is 1500. The molecule has 3 aromatic rings. The lowest BCUT2D eigenvalue weighted by Gasteiger charge is -2.29. The van der Waals surface area contributed by atoms with Gasteiger partial charge in [0.1, 0.15) is 11.3 Å². The van der Waals surface area contributed by atoms with Gasteiger partial charge in [-0.25, -0.2) is 0 Å². The van der Waals surface area contributed by atoms with E-state index < -0.39 is 23.6 Å². The maximum absolute atomic E-state index is 13.3. The highest BCUT2D eigenvalue weighted by molar-refractivity contribution is 7.80. The van der Waals surface area contributed by atoms with Gasteiger partial charge in [-0.15, -0.1) is 0 Å². The Hall–Kier alpha value is -4.34. The molecule has 8 nitrogen and oxygen atoms in total. The minimum absolute atomic E-state index is 0.0458. The zero-order chi connectivity index (χ0) is 26.3. The summed E-state index contributed by atoms with van der Waals surface area (Å²) < 4.78 is 5.44. The molecule has 2 aliphatic heterocycles. The molecule has 0 bridgehead atoms. The molecule has 1 fully saturated rings. The van der Waals surface area contributed by atoms with E-state index in [1.165, 1.54) is 18.1 Å². The summed E-state index contributed by atoms with van der Waals surface area (Å²) in [7, 11) is 1.47. The normalized spacial score (nSPS) is 16.4. The lowest BCUT2D eigenvalue weighted by atomic mass is 10.0. The highest BCUT2D eigenvalue weighted by Crippen LogP contribution is 2.29. The number of fused-ring (bicyclic) bond motifs is 1. The molecule has 0 aliphatic carbocycles. The number of halogens is 1. The number of anilines is 1. The van der Waals surface area contributed by atoms with Crippen LogP contribution in [-0.4, -0.2) is 40.8 Å². The number of hydrogen-bond donors (Lipinski definition) is 1. The van der Waals surface area contributed by atoms with Gasteiger partial charge in [0.25, 0.3) is 23.6 Å². The number of nitrogens with zero attached hydrogens (tertiary/aromatic N) is 2. The molecule has 1 saturated heterocycles. The van der Waals surface area contributed by atoms with E-state index in [0.29, 0.717) is 38.7 Å². The first-order chi connectivity index (χ1) is 17.8. The Morgan fingerprint density at radius 1 is 0.919 bits per heavy atom. The average molecular weight is 532 g/mol. The number of carbonyl (C=O) groups excluding carboxylic acids is 4. The zero-order valence-electron chi connectivity index (χ0n) is 19.4. The molecule has 3 aromatic carbocycles. The number of amides is 4. The van der Waals surface area contributed by atoms with Crippen molar-refractivity contribution in [3.05, 3.63) is 99.6 Å². The first-order valence-corrected chi connectivity index (χ1v) is 11.9. The zero-order valence-corrected chi connectivity index (χ0v) is 20.9. The smallest absolute Gasteiger partial charge is 0.270 e. The molecule has 5 rings (SSSR count). The maximum Gasteiger partial charge on any atom is 0.270 e. The van der Waals surface area contributed by atoms with Crippen molar-refractivity contribution in [2.75, 3.05) is 12.0 Å². The van der Waals surface area contributed by atoms with Crippen molar-refractivity contribution < 1.29 is 23.9 Å². The van der Waals surface area contributed by atoms with Crippen molar-refractivity contribution in [3.8, 4) is 5.75 Å². The molecule has 0 spiro atoms. The SMILES string of the molecule is COc1ccc(C=C2C(=O)NC(=S)N(c3ccc(Cl)cc3)C2=O)cc1CN1C(=O)c2ccccc2C1=O. The molecule has 37 heavy (non-hydrogen) atoms. The van der Waals surface area contributed by atoms with Crippen LogP contribution in [0.2, 0.25) is 5.02 Å². The second kappa shape index (κ2) is 9.61. The lowest BCUT2D eigenvalue weighted by molar-refractivity contribution is -0.122. The number of hydrogen-bond acceptors (Lipinski definition) is 6. The van der Waals surface area contributed by atoms with E-state index in [-0.39, 0.29) is 17.2 Å². The van der Waals surface area contributed by atoms with Gasteiger partial charge in [0.05, 0.1) is 30.5 Å². The number of benzene rings is 3. The molecule has 0 atom stereocenters. The number of methoxy groups -OCH3 is 1. The van der Waals surface area contributed by atoms with Crippen LogP contribution < -0.4 is 15.0 Å².